The van der Waals surface area contributed by atoms with Gasteiger partial charge in [0.05, 0.1) is 22.8 Å². The molecule has 0 saturated heterocycles. The van der Waals surface area contributed by atoms with Crippen molar-refractivity contribution in [2.45, 2.75) is 31.4 Å². The molecule has 0 saturated carbocycles. The summed E-state index contributed by atoms with van der Waals surface area (Å²) in [6.07, 6.45) is 0. The third-order valence-electron chi connectivity index (χ3n) is 2.37. The third kappa shape index (κ3) is 1.30. The minimum atomic E-state index is -3.08. The van der Waals surface area contributed by atoms with Gasteiger partial charge in [-0.15, -0.1) is 0 Å². The van der Waals surface area contributed by atoms with E-state index in [-0.39, 0.29) is 23.1 Å². The lowest BCUT2D eigenvalue weighted by Gasteiger charge is -2.09. The van der Waals surface area contributed by atoms with Gasteiger partial charge in [-0.25, -0.2) is 8.42 Å². The van der Waals surface area contributed by atoms with Gasteiger partial charge in [0.15, 0.2) is 9.84 Å². The lowest BCUT2D eigenvalue weighted by atomic mass is 10.3. The highest BCUT2D eigenvalue weighted by Crippen LogP contribution is 2.23. The highest BCUT2D eigenvalue weighted by Gasteiger charge is 2.31. The van der Waals surface area contributed by atoms with Gasteiger partial charge < -0.3 is 0 Å². The Bertz CT molecular complexity index is 521. The fraction of sp³-hybridized carbons (Fsp3) is 0.625. The largest absolute Gasteiger partial charge is 0.285 e. The van der Waals surface area contributed by atoms with Crippen LogP contribution in [0.2, 0.25) is 0 Å². The van der Waals surface area contributed by atoms with Gasteiger partial charge in [-0.2, -0.15) is 0 Å². The van der Waals surface area contributed by atoms with Crippen LogP contribution in [0.4, 0.5) is 0 Å². The fourth-order valence-corrected chi connectivity index (χ4v) is 3.32. The van der Waals surface area contributed by atoms with Crippen LogP contribution >= 0.6 is 0 Å². The molecule has 0 unspecified atom stereocenters. The van der Waals surface area contributed by atoms with E-state index in [1.54, 1.807) is 4.68 Å². The first-order valence-electron chi connectivity index (χ1n) is 4.43. The lowest BCUT2D eigenvalue weighted by molar-refractivity contribution is 0.512. The second kappa shape index (κ2) is 2.73. The van der Waals surface area contributed by atoms with Crippen molar-refractivity contribution in [2.75, 3.05) is 0 Å². The Hall–Kier alpha value is -1.04. The van der Waals surface area contributed by atoms with E-state index in [1.807, 2.05) is 13.8 Å². The minimum Gasteiger partial charge on any atom is -0.285 e. The quantitative estimate of drug-likeness (QED) is 0.728. The predicted octanol–water partition coefficient (Wildman–Crippen LogP) is 0.186. The molecular formula is C8H12N2O3S. The summed E-state index contributed by atoms with van der Waals surface area (Å²) in [6, 6.07) is 0.0831. The summed E-state index contributed by atoms with van der Waals surface area (Å²) in [6.45, 7) is 3.81. The molecule has 1 N–H and O–H groups in total. The second-order valence-electron chi connectivity index (χ2n) is 3.86. The van der Waals surface area contributed by atoms with Gasteiger partial charge in [-0.05, 0) is 13.8 Å². The van der Waals surface area contributed by atoms with E-state index in [1.165, 1.54) is 0 Å². The van der Waals surface area contributed by atoms with E-state index < -0.39 is 9.84 Å². The molecule has 0 aliphatic carbocycles. The molecule has 0 aromatic carbocycles. The Kier molecular flexibility index (Phi) is 1.85. The molecule has 2 rings (SSSR count). The van der Waals surface area contributed by atoms with Crippen molar-refractivity contribution in [3.8, 4) is 0 Å². The molecule has 78 valence electrons. The summed E-state index contributed by atoms with van der Waals surface area (Å²) < 4.78 is 24.3. The molecule has 1 aromatic heterocycles. The van der Waals surface area contributed by atoms with E-state index in [0.717, 1.165) is 0 Å². The Morgan fingerprint density at radius 1 is 1.36 bits per heavy atom. The van der Waals surface area contributed by atoms with Crippen LogP contribution in [0.5, 0.6) is 0 Å². The molecule has 0 radical (unpaired) electrons. The number of rotatable bonds is 1. The Labute approximate surface area is 81.6 Å². The number of nitrogens with one attached hydrogen (secondary N) is 1. The van der Waals surface area contributed by atoms with Crippen molar-refractivity contribution in [2.24, 2.45) is 0 Å². The van der Waals surface area contributed by atoms with Gasteiger partial charge >= 0.3 is 0 Å². The van der Waals surface area contributed by atoms with Crippen molar-refractivity contribution in [1.82, 2.24) is 9.78 Å². The van der Waals surface area contributed by atoms with Crippen LogP contribution in [-0.4, -0.2) is 18.2 Å². The number of aromatic nitrogens is 2. The molecule has 0 atom stereocenters. The summed E-state index contributed by atoms with van der Waals surface area (Å²) in [4.78, 5) is 11.4. The van der Waals surface area contributed by atoms with Crippen LogP contribution in [0.15, 0.2) is 4.79 Å². The van der Waals surface area contributed by atoms with Gasteiger partial charge in [-0.1, -0.05) is 0 Å². The normalized spacial score (nSPS) is 18.8. The average molecular weight is 216 g/mol. The molecule has 1 aliphatic rings. The first-order valence-corrected chi connectivity index (χ1v) is 6.25. The second-order valence-corrected chi connectivity index (χ2v) is 5.93. The maximum atomic E-state index is 11.4. The summed E-state index contributed by atoms with van der Waals surface area (Å²) in [5.41, 5.74) is 0.776. The van der Waals surface area contributed by atoms with Gasteiger partial charge in [0.1, 0.15) is 0 Å². The van der Waals surface area contributed by atoms with Crippen molar-refractivity contribution in [3.63, 3.8) is 0 Å². The van der Waals surface area contributed by atoms with Crippen molar-refractivity contribution in [3.05, 3.63) is 21.6 Å². The fourth-order valence-electron chi connectivity index (χ4n) is 1.75. The van der Waals surface area contributed by atoms with Gasteiger partial charge in [0.2, 0.25) is 0 Å². The van der Waals surface area contributed by atoms with Gasteiger partial charge in [0.25, 0.3) is 5.56 Å². The summed E-state index contributed by atoms with van der Waals surface area (Å²) in [5, 5.41) is 2.65. The summed E-state index contributed by atoms with van der Waals surface area (Å²) in [7, 11) is -3.08. The molecule has 1 aromatic rings. The number of sulfone groups is 1. The number of hydrogen-bond acceptors (Lipinski definition) is 3. The lowest BCUT2D eigenvalue weighted by Crippen LogP contribution is -2.13. The zero-order valence-electron chi connectivity index (χ0n) is 8.07. The van der Waals surface area contributed by atoms with Crippen LogP contribution in [-0.2, 0) is 21.3 Å². The minimum absolute atomic E-state index is 0.0146. The molecule has 0 spiro atoms. The van der Waals surface area contributed by atoms with E-state index >= 15 is 0 Å². The standard InChI is InChI=1S/C8H12N2O3S/c1-5(2)10-7-4-14(12,13)3-6(7)8(11)9-10/h5H,3-4H2,1-2H3,(H,9,11). The van der Waals surface area contributed by atoms with Crippen LogP contribution in [0.3, 0.4) is 0 Å². The smallest absolute Gasteiger partial charge is 0.268 e. The monoisotopic (exact) mass is 216 g/mol. The SMILES string of the molecule is CC(C)n1[nH]c(=O)c2c1CS(=O)(=O)C2. The number of nitrogens with zero attached hydrogens (tertiary/aromatic N) is 1. The molecule has 6 heteroatoms. The zero-order chi connectivity index (χ0) is 10.5. The number of fused-ring (bicyclic) bond motifs is 1. The molecule has 5 nitrogen and oxygen atoms in total. The molecule has 2 heterocycles. The molecular weight excluding hydrogens is 204 g/mol. The van der Waals surface area contributed by atoms with Crippen molar-refractivity contribution in [1.29, 1.82) is 0 Å². The molecule has 1 aliphatic heterocycles. The van der Waals surface area contributed by atoms with E-state index in [9.17, 15) is 13.2 Å². The topological polar surface area (TPSA) is 71.9 Å². The predicted molar refractivity (Wildman–Crippen MR) is 51.8 cm³/mol. The van der Waals surface area contributed by atoms with Crippen LogP contribution in [0.25, 0.3) is 0 Å². The first kappa shape index (κ1) is 9.51. The molecule has 0 fully saturated rings. The van der Waals surface area contributed by atoms with Gasteiger partial charge in [0, 0.05) is 6.04 Å². The van der Waals surface area contributed by atoms with Gasteiger partial charge in [-0.3, -0.25) is 14.6 Å². The average Bonchev–Trinajstić information content (AvgIpc) is 2.47. The summed E-state index contributed by atoms with van der Waals surface area (Å²) in [5.74, 6) is -0.128. The highest BCUT2D eigenvalue weighted by molar-refractivity contribution is 7.90. The van der Waals surface area contributed by atoms with Crippen molar-refractivity contribution < 1.29 is 8.42 Å². The molecule has 14 heavy (non-hydrogen) atoms. The van der Waals surface area contributed by atoms with E-state index in [0.29, 0.717) is 11.3 Å². The first-order chi connectivity index (χ1) is 6.41. The van der Waals surface area contributed by atoms with E-state index in [2.05, 4.69) is 5.10 Å². The van der Waals surface area contributed by atoms with Crippen LogP contribution in [0, 0.1) is 0 Å². The number of aromatic amines is 1. The van der Waals surface area contributed by atoms with Crippen LogP contribution < -0.4 is 5.56 Å². The van der Waals surface area contributed by atoms with Crippen molar-refractivity contribution >= 4 is 9.84 Å². The maximum Gasteiger partial charge on any atom is 0.268 e. The van der Waals surface area contributed by atoms with E-state index in [4.69, 9.17) is 0 Å². The third-order valence-corrected chi connectivity index (χ3v) is 3.81. The Balaban J connectivity index is 2.64. The summed E-state index contributed by atoms with van der Waals surface area (Å²) >= 11 is 0. The molecule has 0 bridgehead atoms. The molecule has 0 amide bonds. The Morgan fingerprint density at radius 2 is 2.00 bits per heavy atom. The Morgan fingerprint density at radius 3 is 2.57 bits per heavy atom. The number of hydrogen-bond donors (Lipinski definition) is 1. The maximum absolute atomic E-state index is 11.4. The number of H-pyrrole nitrogens is 1. The highest BCUT2D eigenvalue weighted by atomic mass is 32.2. The van der Waals surface area contributed by atoms with Crippen LogP contribution in [0.1, 0.15) is 31.1 Å². The zero-order valence-corrected chi connectivity index (χ0v) is 8.89.